The molecule has 0 spiro atoms. The largest absolute Gasteiger partial charge is 0.497 e. The van der Waals surface area contributed by atoms with Crippen LogP contribution >= 0.6 is 11.3 Å². The van der Waals surface area contributed by atoms with E-state index < -0.39 is 0 Å². The first-order chi connectivity index (χ1) is 14.2. The van der Waals surface area contributed by atoms with Crippen LogP contribution in [0.15, 0.2) is 47.5 Å². The number of hydrogen-bond donors (Lipinski definition) is 0. The maximum Gasteiger partial charge on any atom is 0.279 e. The van der Waals surface area contributed by atoms with E-state index in [1.54, 1.807) is 26.4 Å². The molecule has 29 heavy (non-hydrogen) atoms. The van der Waals surface area contributed by atoms with Crippen molar-refractivity contribution in [2.24, 2.45) is 4.99 Å². The van der Waals surface area contributed by atoms with Crippen molar-refractivity contribution >= 4 is 27.5 Å². The number of thiazole rings is 1. The van der Waals surface area contributed by atoms with Gasteiger partial charge in [-0.25, -0.2) is 0 Å². The number of carbonyl (C=O) groups is 1. The van der Waals surface area contributed by atoms with Gasteiger partial charge in [0.15, 0.2) is 4.80 Å². The summed E-state index contributed by atoms with van der Waals surface area (Å²) >= 11 is 1.46. The Bertz CT molecular complexity index is 1040. The predicted octanol–water partition coefficient (Wildman–Crippen LogP) is 4.28. The molecule has 154 valence electrons. The SMILES string of the molecule is CCCCOc1cccc(C(=O)N=c2sc3cc(OC)ccc3n2CCOC)c1. The number of methoxy groups -OCH3 is 2. The summed E-state index contributed by atoms with van der Waals surface area (Å²) in [7, 11) is 3.29. The van der Waals surface area contributed by atoms with Gasteiger partial charge < -0.3 is 18.8 Å². The van der Waals surface area contributed by atoms with Gasteiger partial charge in [0.1, 0.15) is 11.5 Å². The summed E-state index contributed by atoms with van der Waals surface area (Å²) in [5, 5.41) is 0. The Morgan fingerprint density at radius 1 is 1.10 bits per heavy atom. The fourth-order valence-electron chi connectivity index (χ4n) is 2.87. The van der Waals surface area contributed by atoms with E-state index in [4.69, 9.17) is 14.2 Å². The summed E-state index contributed by atoms with van der Waals surface area (Å²) in [6.07, 6.45) is 2.04. The second-order valence-electron chi connectivity index (χ2n) is 6.51. The number of amides is 1. The fraction of sp³-hybridized carbons (Fsp3) is 0.364. The normalized spacial score (nSPS) is 11.8. The van der Waals surface area contributed by atoms with Crippen LogP contribution in [-0.2, 0) is 11.3 Å². The topological polar surface area (TPSA) is 62.0 Å². The number of rotatable bonds is 9. The lowest BCUT2D eigenvalue weighted by molar-refractivity contribution is 0.0997. The predicted molar refractivity (Wildman–Crippen MR) is 115 cm³/mol. The second-order valence-corrected chi connectivity index (χ2v) is 7.52. The molecule has 0 saturated heterocycles. The highest BCUT2D eigenvalue weighted by molar-refractivity contribution is 7.16. The average molecular weight is 415 g/mol. The number of carbonyl (C=O) groups excluding carboxylic acids is 1. The quantitative estimate of drug-likeness (QED) is 0.491. The summed E-state index contributed by atoms with van der Waals surface area (Å²) in [5.41, 5.74) is 1.50. The van der Waals surface area contributed by atoms with Crippen LogP contribution in [0.3, 0.4) is 0 Å². The summed E-state index contributed by atoms with van der Waals surface area (Å²) < 4.78 is 19.3. The number of unbranched alkanes of at least 4 members (excludes halogenated alkanes) is 1. The Morgan fingerprint density at radius 2 is 1.97 bits per heavy atom. The van der Waals surface area contributed by atoms with E-state index in [1.807, 2.05) is 34.9 Å². The molecule has 3 rings (SSSR count). The van der Waals surface area contributed by atoms with Crippen molar-refractivity contribution in [2.75, 3.05) is 27.4 Å². The third-order valence-electron chi connectivity index (χ3n) is 4.45. The van der Waals surface area contributed by atoms with E-state index >= 15 is 0 Å². The smallest absolute Gasteiger partial charge is 0.279 e. The molecule has 6 nitrogen and oxygen atoms in total. The van der Waals surface area contributed by atoms with Gasteiger partial charge in [-0.15, -0.1) is 0 Å². The lowest BCUT2D eigenvalue weighted by Crippen LogP contribution is -2.19. The van der Waals surface area contributed by atoms with Crippen LogP contribution in [0.4, 0.5) is 0 Å². The molecule has 0 fully saturated rings. The molecule has 3 aromatic rings. The molecule has 1 amide bonds. The van der Waals surface area contributed by atoms with E-state index in [2.05, 4.69) is 11.9 Å². The zero-order valence-corrected chi connectivity index (χ0v) is 17.8. The maximum absolute atomic E-state index is 12.8. The summed E-state index contributed by atoms with van der Waals surface area (Å²) in [4.78, 5) is 17.9. The fourth-order valence-corrected chi connectivity index (χ4v) is 3.95. The van der Waals surface area contributed by atoms with E-state index in [0.717, 1.165) is 28.8 Å². The summed E-state index contributed by atoms with van der Waals surface area (Å²) in [6.45, 7) is 3.89. The van der Waals surface area contributed by atoms with Crippen LogP contribution in [0.1, 0.15) is 30.1 Å². The monoisotopic (exact) mass is 414 g/mol. The highest BCUT2D eigenvalue weighted by Gasteiger charge is 2.11. The molecule has 1 heterocycles. The first kappa shape index (κ1) is 21.1. The number of fused-ring (bicyclic) bond motifs is 1. The Labute approximate surface area is 174 Å². The van der Waals surface area contributed by atoms with Gasteiger partial charge in [-0.2, -0.15) is 4.99 Å². The minimum atomic E-state index is -0.296. The van der Waals surface area contributed by atoms with Crippen molar-refractivity contribution in [3.8, 4) is 11.5 Å². The number of ether oxygens (including phenoxy) is 3. The zero-order valence-electron chi connectivity index (χ0n) is 17.0. The number of aromatic nitrogens is 1. The lowest BCUT2D eigenvalue weighted by atomic mass is 10.2. The van der Waals surface area contributed by atoms with Crippen molar-refractivity contribution in [3.63, 3.8) is 0 Å². The molecule has 0 atom stereocenters. The van der Waals surface area contributed by atoms with Gasteiger partial charge in [-0.3, -0.25) is 4.79 Å². The van der Waals surface area contributed by atoms with Crippen LogP contribution in [0.25, 0.3) is 10.2 Å². The standard InChI is InChI=1S/C22H26N2O4S/c1-4-5-12-28-18-8-6-7-16(14-18)21(25)23-22-24(11-13-26-2)19-10-9-17(27-3)15-20(19)29-22/h6-10,14-15H,4-5,11-13H2,1-3H3. The maximum atomic E-state index is 12.8. The molecule has 0 unspecified atom stereocenters. The third-order valence-corrected chi connectivity index (χ3v) is 5.49. The molecular weight excluding hydrogens is 388 g/mol. The van der Waals surface area contributed by atoms with Crippen molar-refractivity contribution < 1.29 is 19.0 Å². The molecule has 0 N–H and O–H groups in total. The van der Waals surface area contributed by atoms with Gasteiger partial charge in [-0.1, -0.05) is 30.7 Å². The van der Waals surface area contributed by atoms with Gasteiger partial charge in [0, 0.05) is 19.2 Å². The minimum absolute atomic E-state index is 0.296. The summed E-state index contributed by atoms with van der Waals surface area (Å²) in [6, 6.07) is 13.0. The van der Waals surface area contributed by atoms with Gasteiger partial charge in [0.2, 0.25) is 0 Å². The third kappa shape index (κ3) is 5.25. The molecular formula is C22H26N2O4S. The highest BCUT2D eigenvalue weighted by atomic mass is 32.1. The average Bonchev–Trinajstić information content (AvgIpc) is 3.08. The van der Waals surface area contributed by atoms with Crippen LogP contribution < -0.4 is 14.3 Å². The number of hydrogen-bond acceptors (Lipinski definition) is 5. The van der Waals surface area contributed by atoms with Crippen LogP contribution in [0.5, 0.6) is 11.5 Å². The van der Waals surface area contributed by atoms with Crippen LogP contribution in [-0.4, -0.2) is 37.9 Å². The first-order valence-corrected chi connectivity index (χ1v) is 10.5. The van der Waals surface area contributed by atoms with Crippen molar-refractivity contribution in [1.29, 1.82) is 0 Å². The van der Waals surface area contributed by atoms with E-state index in [1.165, 1.54) is 11.3 Å². The number of benzene rings is 2. The van der Waals surface area contributed by atoms with E-state index in [-0.39, 0.29) is 5.91 Å². The van der Waals surface area contributed by atoms with Crippen LogP contribution in [0, 0.1) is 0 Å². The van der Waals surface area contributed by atoms with Gasteiger partial charge in [-0.05, 0) is 42.8 Å². The van der Waals surface area contributed by atoms with E-state index in [0.29, 0.717) is 35.9 Å². The zero-order chi connectivity index (χ0) is 20.6. The Morgan fingerprint density at radius 3 is 2.72 bits per heavy atom. The molecule has 1 aromatic heterocycles. The van der Waals surface area contributed by atoms with Crippen LogP contribution in [0.2, 0.25) is 0 Å². The van der Waals surface area contributed by atoms with Crippen molar-refractivity contribution in [3.05, 3.63) is 52.8 Å². The summed E-state index contributed by atoms with van der Waals surface area (Å²) in [5.74, 6) is 1.16. The molecule has 7 heteroatoms. The Hall–Kier alpha value is -2.64. The molecule has 0 bridgehead atoms. The molecule has 0 aliphatic rings. The van der Waals surface area contributed by atoms with Crippen molar-refractivity contribution in [1.82, 2.24) is 4.57 Å². The Kier molecular flexibility index (Phi) is 7.43. The molecule has 2 aromatic carbocycles. The van der Waals surface area contributed by atoms with Gasteiger partial charge in [0.25, 0.3) is 5.91 Å². The minimum Gasteiger partial charge on any atom is -0.497 e. The lowest BCUT2D eigenvalue weighted by Gasteiger charge is -2.06. The number of nitrogens with zero attached hydrogens (tertiary/aromatic N) is 2. The Balaban J connectivity index is 1.95. The van der Waals surface area contributed by atoms with Crippen molar-refractivity contribution in [2.45, 2.75) is 26.3 Å². The van der Waals surface area contributed by atoms with Gasteiger partial charge >= 0.3 is 0 Å². The first-order valence-electron chi connectivity index (χ1n) is 9.64. The highest BCUT2D eigenvalue weighted by Crippen LogP contribution is 2.23. The molecule has 0 radical (unpaired) electrons. The molecule has 0 aliphatic heterocycles. The second kappa shape index (κ2) is 10.2. The molecule has 0 aliphatic carbocycles. The van der Waals surface area contributed by atoms with Gasteiger partial charge in [0.05, 0.1) is 30.5 Å². The van der Waals surface area contributed by atoms with E-state index in [9.17, 15) is 4.79 Å². The molecule has 0 saturated carbocycles.